The van der Waals surface area contributed by atoms with Crippen LogP contribution in [-0.4, -0.2) is 5.91 Å². The molecule has 4 nitrogen and oxygen atoms in total. The van der Waals surface area contributed by atoms with Gasteiger partial charge in [-0.25, -0.2) is 0 Å². The normalized spacial score (nSPS) is 11.1. The number of carbonyl (C=O) groups is 1. The number of nitrogen functional groups attached to an aromatic ring is 1. The number of halogens is 3. The van der Waals surface area contributed by atoms with Gasteiger partial charge in [0.15, 0.2) is 0 Å². The molecule has 0 aliphatic heterocycles. The lowest BCUT2D eigenvalue weighted by Crippen LogP contribution is -2.09. The number of amides is 1. The van der Waals surface area contributed by atoms with Crippen molar-refractivity contribution < 1.29 is 9.21 Å². The summed E-state index contributed by atoms with van der Waals surface area (Å²) < 4.78 is 6.45. The Labute approximate surface area is 175 Å². The van der Waals surface area contributed by atoms with E-state index in [-0.39, 0.29) is 5.91 Å². The predicted molar refractivity (Wildman–Crippen MR) is 115 cm³/mol. The largest absolute Gasteiger partial charge is 0.457 e. The van der Waals surface area contributed by atoms with E-state index in [2.05, 4.69) is 21.2 Å². The van der Waals surface area contributed by atoms with Gasteiger partial charge < -0.3 is 15.5 Å². The van der Waals surface area contributed by atoms with Gasteiger partial charge >= 0.3 is 0 Å². The summed E-state index contributed by atoms with van der Waals surface area (Å²) in [6.07, 6.45) is 2.97. The van der Waals surface area contributed by atoms with Gasteiger partial charge in [-0.05, 0) is 77.0 Å². The third kappa shape index (κ3) is 4.75. The molecule has 3 aromatic rings. The zero-order valence-corrected chi connectivity index (χ0v) is 17.3. The molecule has 0 saturated carbocycles. The van der Waals surface area contributed by atoms with Crippen LogP contribution >= 0.6 is 39.1 Å². The van der Waals surface area contributed by atoms with Crippen molar-refractivity contribution in [3.63, 3.8) is 0 Å². The average Bonchev–Trinajstić information content (AvgIpc) is 3.07. The summed E-state index contributed by atoms with van der Waals surface area (Å²) in [7, 11) is 0. The zero-order valence-electron chi connectivity index (χ0n) is 14.2. The molecule has 0 radical (unpaired) electrons. The minimum absolute atomic E-state index is 0.290. The molecule has 3 rings (SSSR count). The Morgan fingerprint density at radius 1 is 1.19 bits per heavy atom. The summed E-state index contributed by atoms with van der Waals surface area (Å²) >= 11 is 15.6. The van der Waals surface area contributed by atoms with Crippen LogP contribution in [-0.2, 0) is 4.79 Å². The summed E-state index contributed by atoms with van der Waals surface area (Å²) in [5, 5.41) is 3.92. The van der Waals surface area contributed by atoms with E-state index in [1.807, 2.05) is 6.92 Å². The van der Waals surface area contributed by atoms with E-state index in [0.717, 1.165) is 10.0 Å². The van der Waals surface area contributed by atoms with Gasteiger partial charge in [-0.3, -0.25) is 4.79 Å². The lowest BCUT2D eigenvalue weighted by Gasteiger charge is -2.10. The van der Waals surface area contributed by atoms with Crippen LogP contribution in [0.1, 0.15) is 11.3 Å². The molecular weight excluding hydrogens is 451 g/mol. The fourth-order valence-corrected chi connectivity index (χ4v) is 3.58. The number of nitrogens with one attached hydrogen (secondary N) is 1. The van der Waals surface area contributed by atoms with Crippen molar-refractivity contribution in [1.82, 2.24) is 0 Å². The maximum absolute atomic E-state index is 12.2. The predicted octanol–water partition coefficient (Wildman–Crippen LogP) is 6.56. The Morgan fingerprint density at radius 3 is 2.70 bits per heavy atom. The summed E-state index contributed by atoms with van der Waals surface area (Å²) in [6, 6.07) is 12.2. The SMILES string of the molecule is Cc1cc(N)cc(Br)c1NC(=O)/C=C/c1ccc(-c2cc(Cl)ccc2Cl)o1. The first-order chi connectivity index (χ1) is 12.8. The average molecular weight is 466 g/mol. The smallest absolute Gasteiger partial charge is 0.248 e. The second-order valence-corrected chi connectivity index (χ2v) is 7.54. The van der Waals surface area contributed by atoms with Gasteiger partial charge in [0.2, 0.25) is 5.91 Å². The Morgan fingerprint density at radius 2 is 1.96 bits per heavy atom. The molecule has 0 saturated heterocycles. The number of furan rings is 1. The number of hydrogen-bond acceptors (Lipinski definition) is 3. The number of aryl methyl sites for hydroxylation is 1. The van der Waals surface area contributed by atoms with Crippen molar-refractivity contribution in [1.29, 1.82) is 0 Å². The molecule has 138 valence electrons. The van der Waals surface area contributed by atoms with Crippen LogP contribution in [0.3, 0.4) is 0 Å². The van der Waals surface area contributed by atoms with Gasteiger partial charge in [0.05, 0.1) is 10.7 Å². The number of nitrogens with two attached hydrogens (primary N) is 1. The molecule has 1 heterocycles. The third-order valence-electron chi connectivity index (χ3n) is 3.78. The fourth-order valence-electron chi connectivity index (χ4n) is 2.53. The molecule has 0 fully saturated rings. The molecule has 0 spiro atoms. The lowest BCUT2D eigenvalue weighted by atomic mass is 10.2. The van der Waals surface area contributed by atoms with E-state index in [1.165, 1.54) is 6.08 Å². The van der Waals surface area contributed by atoms with Crippen LogP contribution in [0.4, 0.5) is 11.4 Å². The van der Waals surface area contributed by atoms with Gasteiger partial charge in [0.25, 0.3) is 0 Å². The van der Waals surface area contributed by atoms with Crippen LogP contribution in [0.2, 0.25) is 10.0 Å². The van der Waals surface area contributed by atoms with Crippen LogP contribution in [0.25, 0.3) is 17.4 Å². The molecule has 0 aliphatic carbocycles. The Kier molecular flexibility index (Phi) is 5.95. The molecule has 1 amide bonds. The molecule has 0 bridgehead atoms. The standard InChI is InChI=1S/C20H15BrCl2N2O2/c1-11-8-13(24)10-16(21)20(11)25-19(26)7-4-14-3-6-18(27-14)15-9-12(22)2-5-17(15)23/h2-10H,24H2,1H3,(H,25,26)/b7-4+. The van der Waals surface area contributed by atoms with Crippen molar-refractivity contribution in [3.8, 4) is 11.3 Å². The molecule has 7 heteroatoms. The fraction of sp³-hybridized carbons (Fsp3) is 0.0500. The first-order valence-corrected chi connectivity index (χ1v) is 9.48. The van der Waals surface area contributed by atoms with Crippen LogP contribution in [0.5, 0.6) is 0 Å². The first-order valence-electron chi connectivity index (χ1n) is 7.93. The minimum atomic E-state index is -0.290. The van der Waals surface area contributed by atoms with E-state index in [0.29, 0.717) is 38.5 Å². The Balaban J connectivity index is 1.75. The molecule has 3 N–H and O–H groups in total. The molecular formula is C20H15BrCl2N2O2. The molecule has 0 aliphatic rings. The quantitative estimate of drug-likeness (QED) is 0.338. The van der Waals surface area contributed by atoms with Gasteiger partial charge in [-0.1, -0.05) is 23.2 Å². The molecule has 27 heavy (non-hydrogen) atoms. The summed E-state index contributed by atoms with van der Waals surface area (Å²) in [6.45, 7) is 1.87. The third-order valence-corrected chi connectivity index (χ3v) is 4.97. The first kappa shape index (κ1) is 19.5. The zero-order chi connectivity index (χ0) is 19.6. The highest BCUT2D eigenvalue weighted by molar-refractivity contribution is 9.10. The van der Waals surface area contributed by atoms with E-state index in [1.54, 1.807) is 48.5 Å². The second kappa shape index (κ2) is 8.21. The number of rotatable bonds is 4. The van der Waals surface area contributed by atoms with Crippen molar-refractivity contribution in [2.45, 2.75) is 6.92 Å². The van der Waals surface area contributed by atoms with E-state index >= 15 is 0 Å². The number of anilines is 2. The van der Waals surface area contributed by atoms with Crippen LogP contribution < -0.4 is 11.1 Å². The summed E-state index contributed by atoms with van der Waals surface area (Å²) in [5.74, 6) is 0.797. The van der Waals surface area contributed by atoms with E-state index in [9.17, 15) is 4.79 Å². The van der Waals surface area contributed by atoms with Gasteiger partial charge in [0, 0.05) is 26.8 Å². The van der Waals surface area contributed by atoms with Crippen LogP contribution in [0.15, 0.2) is 57.4 Å². The van der Waals surface area contributed by atoms with Gasteiger partial charge in [-0.15, -0.1) is 0 Å². The van der Waals surface area contributed by atoms with Gasteiger partial charge in [0.1, 0.15) is 11.5 Å². The number of carbonyl (C=O) groups excluding carboxylic acids is 1. The number of benzene rings is 2. The van der Waals surface area contributed by atoms with Crippen molar-refractivity contribution >= 4 is 62.5 Å². The molecule has 0 unspecified atom stereocenters. The lowest BCUT2D eigenvalue weighted by molar-refractivity contribution is -0.111. The highest BCUT2D eigenvalue weighted by atomic mass is 79.9. The van der Waals surface area contributed by atoms with E-state index in [4.69, 9.17) is 33.4 Å². The van der Waals surface area contributed by atoms with E-state index < -0.39 is 0 Å². The Hall–Kier alpha value is -2.21. The minimum Gasteiger partial charge on any atom is -0.457 e. The maximum atomic E-state index is 12.2. The number of hydrogen-bond donors (Lipinski definition) is 2. The monoisotopic (exact) mass is 464 g/mol. The summed E-state index contributed by atoms with van der Waals surface area (Å²) in [4.78, 5) is 12.2. The van der Waals surface area contributed by atoms with Crippen molar-refractivity contribution in [3.05, 3.63) is 74.4 Å². The highest BCUT2D eigenvalue weighted by Gasteiger charge is 2.10. The topological polar surface area (TPSA) is 68.3 Å². The maximum Gasteiger partial charge on any atom is 0.248 e. The molecule has 1 aromatic heterocycles. The van der Waals surface area contributed by atoms with Crippen molar-refractivity contribution in [2.24, 2.45) is 0 Å². The second-order valence-electron chi connectivity index (χ2n) is 5.84. The Bertz CT molecular complexity index is 1020. The van der Waals surface area contributed by atoms with Crippen LogP contribution in [0, 0.1) is 6.92 Å². The highest BCUT2D eigenvalue weighted by Crippen LogP contribution is 2.32. The molecule has 2 aromatic carbocycles. The van der Waals surface area contributed by atoms with Crippen molar-refractivity contribution in [2.75, 3.05) is 11.1 Å². The molecule has 0 atom stereocenters. The summed E-state index contributed by atoms with van der Waals surface area (Å²) in [5.41, 5.74) is 8.62. The van der Waals surface area contributed by atoms with Gasteiger partial charge in [-0.2, -0.15) is 0 Å².